The molecule has 1 heterocycles. The Morgan fingerprint density at radius 2 is 2.05 bits per heavy atom. The van der Waals surface area contributed by atoms with Crippen LogP contribution < -0.4 is 5.32 Å². The third-order valence-corrected chi connectivity index (χ3v) is 5.42. The maximum atomic E-state index is 13.8. The van der Waals surface area contributed by atoms with Gasteiger partial charge in [0.2, 0.25) is 10.0 Å². The zero-order chi connectivity index (χ0) is 14.2. The Balaban J connectivity index is 0.00000200. The highest BCUT2D eigenvalue weighted by molar-refractivity contribution is 7.89. The second kappa shape index (κ2) is 6.58. The van der Waals surface area contributed by atoms with E-state index < -0.39 is 15.8 Å². The number of rotatable bonds is 2. The first-order valence-electron chi connectivity index (χ1n) is 6.02. The zero-order valence-electron chi connectivity index (χ0n) is 11.1. The molecule has 4 nitrogen and oxygen atoms in total. The lowest BCUT2D eigenvalue weighted by atomic mass is 10.2. The SMILES string of the molecule is CC1CN(S(=O)(=O)c2cc(Cl)ccc2F)C(C)CN1.Cl. The summed E-state index contributed by atoms with van der Waals surface area (Å²) in [6, 6.07) is 3.38. The summed E-state index contributed by atoms with van der Waals surface area (Å²) < 4.78 is 40.1. The second-order valence-electron chi connectivity index (χ2n) is 4.81. The smallest absolute Gasteiger partial charge is 0.246 e. The lowest BCUT2D eigenvalue weighted by Crippen LogP contribution is -2.56. The molecule has 1 aromatic carbocycles. The first-order chi connectivity index (χ1) is 8.82. The highest BCUT2D eigenvalue weighted by Gasteiger charge is 2.35. The number of nitrogens with one attached hydrogen (secondary N) is 1. The third-order valence-electron chi connectivity index (χ3n) is 3.19. The van der Waals surface area contributed by atoms with Crippen LogP contribution in [0.15, 0.2) is 23.1 Å². The number of hydrogen-bond acceptors (Lipinski definition) is 3. The van der Waals surface area contributed by atoms with E-state index in [0.29, 0.717) is 13.1 Å². The van der Waals surface area contributed by atoms with Gasteiger partial charge in [-0.05, 0) is 32.0 Å². The highest BCUT2D eigenvalue weighted by atomic mass is 35.5. The molecule has 2 rings (SSSR count). The van der Waals surface area contributed by atoms with Crippen molar-refractivity contribution in [3.8, 4) is 0 Å². The minimum absolute atomic E-state index is 0. The first-order valence-corrected chi connectivity index (χ1v) is 7.84. The molecule has 1 aliphatic rings. The van der Waals surface area contributed by atoms with E-state index in [1.807, 2.05) is 6.92 Å². The van der Waals surface area contributed by atoms with Crippen molar-refractivity contribution in [3.05, 3.63) is 29.0 Å². The fourth-order valence-electron chi connectivity index (χ4n) is 2.12. The summed E-state index contributed by atoms with van der Waals surface area (Å²) in [7, 11) is -3.86. The molecule has 2 unspecified atom stereocenters. The fourth-order valence-corrected chi connectivity index (χ4v) is 4.17. The average Bonchev–Trinajstić information content (AvgIpc) is 2.35. The van der Waals surface area contributed by atoms with Gasteiger partial charge in [-0.3, -0.25) is 0 Å². The lowest BCUT2D eigenvalue weighted by molar-refractivity contribution is 0.244. The molecule has 20 heavy (non-hydrogen) atoms. The van der Waals surface area contributed by atoms with Gasteiger partial charge in [-0.25, -0.2) is 12.8 Å². The van der Waals surface area contributed by atoms with E-state index in [-0.39, 0.29) is 34.4 Å². The molecular weight excluding hydrogens is 326 g/mol. The van der Waals surface area contributed by atoms with Crippen molar-refractivity contribution in [1.29, 1.82) is 0 Å². The monoisotopic (exact) mass is 342 g/mol. The van der Waals surface area contributed by atoms with Gasteiger partial charge < -0.3 is 5.32 Å². The number of halogens is 3. The molecule has 1 fully saturated rings. The predicted molar refractivity (Wildman–Crippen MR) is 79.5 cm³/mol. The normalized spacial score (nSPS) is 24.2. The van der Waals surface area contributed by atoms with Crippen LogP contribution in [0.4, 0.5) is 4.39 Å². The van der Waals surface area contributed by atoms with Gasteiger partial charge in [0.05, 0.1) is 0 Å². The lowest BCUT2D eigenvalue weighted by Gasteiger charge is -2.36. The minimum atomic E-state index is -3.86. The van der Waals surface area contributed by atoms with Crippen LogP contribution in [-0.4, -0.2) is 37.9 Å². The summed E-state index contributed by atoms with van der Waals surface area (Å²) in [5, 5.41) is 3.39. The second-order valence-corrected chi connectivity index (χ2v) is 7.10. The van der Waals surface area contributed by atoms with Crippen LogP contribution in [0.5, 0.6) is 0 Å². The van der Waals surface area contributed by atoms with Gasteiger partial charge in [-0.2, -0.15) is 4.31 Å². The standard InChI is InChI=1S/C12H16ClFN2O2S.ClH/c1-8-7-16(9(2)6-15-8)19(17,18)12-5-10(13)3-4-11(12)14;/h3-5,8-9,15H,6-7H2,1-2H3;1H. The molecule has 0 spiro atoms. The van der Waals surface area contributed by atoms with Gasteiger partial charge in [0.15, 0.2) is 0 Å². The van der Waals surface area contributed by atoms with Crippen molar-refractivity contribution < 1.29 is 12.8 Å². The Morgan fingerprint density at radius 1 is 1.40 bits per heavy atom. The van der Waals surface area contributed by atoms with Gasteiger partial charge >= 0.3 is 0 Å². The highest BCUT2D eigenvalue weighted by Crippen LogP contribution is 2.25. The van der Waals surface area contributed by atoms with E-state index in [1.165, 1.54) is 10.4 Å². The summed E-state index contributed by atoms with van der Waals surface area (Å²) >= 11 is 5.76. The number of sulfonamides is 1. The Kier molecular flexibility index (Phi) is 5.80. The van der Waals surface area contributed by atoms with Crippen LogP contribution in [0.2, 0.25) is 5.02 Å². The molecule has 8 heteroatoms. The molecule has 1 saturated heterocycles. The van der Waals surface area contributed by atoms with Gasteiger partial charge in [0, 0.05) is 30.2 Å². The molecule has 0 amide bonds. The average molecular weight is 343 g/mol. The van der Waals surface area contributed by atoms with Crippen LogP contribution in [0, 0.1) is 5.82 Å². The van der Waals surface area contributed by atoms with Gasteiger partial charge in [0.1, 0.15) is 10.7 Å². The van der Waals surface area contributed by atoms with Crippen molar-refractivity contribution >= 4 is 34.0 Å². The molecule has 0 aliphatic carbocycles. The summed E-state index contributed by atoms with van der Waals surface area (Å²) in [5.41, 5.74) is 0. The third kappa shape index (κ3) is 3.43. The van der Waals surface area contributed by atoms with Crippen molar-refractivity contribution in [2.45, 2.75) is 30.8 Å². The quantitative estimate of drug-likeness (QED) is 0.896. The maximum absolute atomic E-state index is 13.8. The summed E-state index contributed by atoms with van der Waals surface area (Å²) in [6.07, 6.45) is 0. The number of benzene rings is 1. The van der Waals surface area contributed by atoms with Crippen LogP contribution >= 0.6 is 24.0 Å². The maximum Gasteiger partial charge on any atom is 0.246 e. The predicted octanol–water partition coefficient (Wildman–Crippen LogP) is 2.27. The molecule has 1 aromatic rings. The molecule has 2 atom stereocenters. The van der Waals surface area contributed by atoms with Crippen LogP contribution in [-0.2, 0) is 10.0 Å². The molecule has 0 radical (unpaired) electrons. The van der Waals surface area contributed by atoms with Crippen molar-refractivity contribution in [2.24, 2.45) is 0 Å². The van der Waals surface area contributed by atoms with Crippen LogP contribution in [0.1, 0.15) is 13.8 Å². The fraction of sp³-hybridized carbons (Fsp3) is 0.500. The Bertz CT molecular complexity index is 583. The Hall–Kier alpha value is -0.400. The van der Waals surface area contributed by atoms with Crippen molar-refractivity contribution in [2.75, 3.05) is 13.1 Å². The molecule has 114 valence electrons. The van der Waals surface area contributed by atoms with E-state index in [2.05, 4.69) is 5.32 Å². The van der Waals surface area contributed by atoms with Crippen LogP contribution in [0.3, 0.4) is 0 Å². The Labute approximate surface area is 129 Å². The van der Waals surface area contributed by atoms with E-state index in [0.717, 1.165) is 12.1 Å². The number of hydrogen-bond donors (Lipinski definition) is 1. The molecular formula is C12H17Cl2FN2O2S. The van der Waals surface area contributed by atoms with E-state index in [4.69, 9.17) is 11.6 Å². The molecule has 1 aliphatic heterocycles. The van der Waals surface area contributed by atoms with E-state index in [9.17, 15) is 12.8 Å². The van der Waals surface area contributed by atoms with Gasteiger partial charge in [-0.15, -0.1) is 12.4 Å². The van der Waals surface area contributed by atoms with Crippen molar-refractivity contribution in [3.63, 3.8) is 0 Å². The Morgan fingerprint density at radius 3 is 2.70 bits per heavy atom. The topological polar surface area (TPSA) is 49.4 Å². The largest absolute Gasteiger partial charge is 0.311 e. The minimum Gasteiger partial charge on any atom is -0.311 e. The molecule has 0 saturated carbocycles. The molecule has 0 bridgehead atoms. The summed E-state index contributed by atoms with van der Waals surface area (Å²) in [5.74, 6) is -0.775. The first kappa shape index (κ1) is 17.7. The summed E-state index contributed by atoms with van der Waals surface area (Å²) in [4.78, 5) is -0.360. The zero-order valence-corrected chi connectivity index (χ0v) is 13.5. The number of piperazine rings is 1. The van der Waals surface area contributed by atoms with E-state index >= 15 is 0 Å². The van der Waals surface area contributed by atoms with Gasteiger partial charge in [-0.1, -0.05) is 11.6 Å². The molecule has 0 aromatic heterocycles. The van der Waals surface area contributed by atoms with Gasteiger partial charge in [0.25, 0.3) is 0 Å². The number of nitrogens with zero attached hydrogens (tertiary/aromatic N) is 1. The van der Waals surface area contributed by atoms with Crippen LogP contribution in [0.25, 0.3) is 0 Å². The molecule has 1 N–H and O–H groups in total. The van der Waals surface area contributed by atoms with E-state index in [1.54, 1.807) is 6.92 Å². The summed E-state index contributed by atoms with van der Waals surface area (Å²) in [6.45, 7) is 4.54. The van der Waals surface area contributed by atoms with Crippen molar-refractivity contribution in [1.82, 2.24) is 9.62 Å².